The summed E-state index contributed by atoms with van der Waals surface area (Å²) in [6.45, 7) is 3.33. The summed E-state index contributed by atoms with van der Waals surface area (Å²) in [5.41, 5.74) is 2.37. The van der Waals surface area contributed by atoms with E-state index in [1.165, 1.54) is 18.2 Å². The SMILES string of the molecule is Cc1ccc(C(=O)CN(C(=O)c2ccc(Cl)cc2Cl)N2C(=O)[C@@H]3CC=CC[C@H]3C2=O)cc1C. The molecule has 0 saturated carbocycles. The van der Waals surface area contributed by atoms with E-state index in [0.717, 1.165) is 21.1 Å². The maximum absolute atomic E-state index is 13.5. The molecule has 0 bridgehead atoms. The molecular weight excluding hydrogens is 463 g/mol. The van der Waals surface area contributed by atoms with Crippen LogP contribution in [0.3, 0.4) is 0 Å². The van der Waals surface area contributed by atoms with Gasteiger partial charge < -0.3 is 0 Å². The Kier molecular flexibility index (Phi) is 6.41. The number of amides is 3. The minimum absolute atomic E-state index is 0.0440. The first kappa shape index (κ1) is 23.2. The fourth-order valence-electron chi connectivity index (χ4n) is 4.20. The summed E-state index contributed by atoms with van der Waals surface area (Å²) in [5, 5.41) is 2.17. The van der Waals surface area contributed by atoms with Gasteiger partial charge in [-0.2, -0.15) is 5.01 Å². The third-order valence-electron chi connectivity index (χ3n) is 6.24. The van der Waals surface area contributed by atoms with Crippen LogP contribution < -0.4 is 0 Å². The number of carbonyl (C=O) groups excluding carboxylic acids is 4. The second-order valence-corrected chi connectivity index (χ2v) is 9.20. The highest BCUT2D eigenvalue weighted by molar-refractivity contribution is 6.36. The molecule has 6 nitrogen and oxygen atoms in total. The molecule has 2 aliphatic rings. The van der Waals surface area contributed by atoms with E-state index in [1.54, 1.807) is 12.1 Å². The second-order valence-electron chi connectivity index (χ2n) is 8.35. The Hall–Kier alpha value is -2.96. The summed E-state index contributed by atoms with van der Waals surface area (Å²) in [6.07, 6.45) is 4.55. The molecule has 3 amide bonds. The van der Waals surface area contributed by atoms with Crippen LogP contribution in [-0.2, 0) is 9.59 Å². The Bertz CT molecular complexity index is 1180. The molecule has 0 N–H and O–H groups in total. The van der Waals surface area contributed by atoms with Crippen LogP contribution in [-0.4, -0.2) is 40.1 Å². The molecule has 4 rings (SSSR count). The zero-order chi connectivity index (χ0) is 23.9. The van der Waals surface area contributed by atoms with Crippen LogP contribution in [0.25, 0.3) is 0 Å². The zero-order valence-corrected chi connectivity index (χ0v) is 19.7. The van der Waals surface area contributed by atoms with Gasteiger partial charge in [-0.1, -0.05) is 47.5 Å². The van der Waals surface area contributed by atoms with Crippen molar-refractivity contribution in [3.05, 3.63) is 80.8 Å². The van der Waals surface area contributed by atoms with Crippen LogP contribution in [0.2, 0.25) is 10.0 Å². The van der Waals surface area contributed by atoms with Crippen LogP contribution in [0.4, 0.5) is 0 Å². The Balaban J connectivity index is 1.72. The van der Waals surface area contributed by atoms with Gasteiger partial charge in [-0.15, -0.1) is 0 Å². The van der Waals surface area contributed by atoms with Gasteiger partial charge in [0.2, 0.25) is 0 Å². The molecule has 0 aromatic heterocycles. The Morgan fingerprint density at radius 2 is 1.58 bits per heavy atom. The van der Waals surface area contributed by atoms with Crippen molar-refractivity contribution >= 4 is 46.7 Å². The summed E-state index contributed by atoms with van der Waals surface area (Å²) in [6, 6.07) is 9.52. The molecule has 0 spiro atoms. The van der Waals surface area contributed by atoms with Crippen molar-refractivity contribution in [1.29, 1.82) is 0 Å². The van der Waals surface area contributed by atoms with Crippen LogP contribution in [0.1, 0.15) is 44.7 Å². The van der Waals surface area contributed by atoms with Gasteiger partial charge in [-0.3, -0.25) is 19.2 Å². The lowest BCUT2D eigenvalue weighted by Crippen LogP contribution is -2.52. The third kappa shape index (κ3) is 4.33. The number of nitrogens with zero attached hydrogens (tertiary/aromatic N) is 2. The number of aryl methyl sites for hydroxylation is 2. The maximum atomic E-state index is 13.5. The molecular formula is C25H22Cl2N2O4. The van der Waals surface area contributed by atoms with Crippen molar-refractivity contribution in [3.63, 3.8) is 0 Å². The number of ketones is 1. The highest BCUT2D eigenvalue weighted by atomic mass is 35.5. The molecule has 170 valence electrons. The van der Waals surface area contributed by atoms with E-state index in [9.17, 15) is 19.2 Å². The number of hydrogen-bond acceptors (Lipinski definition) is 4. The molecule has 1 saturated heterocycles. The average molecular weight is 485 g/mol. The second kappa shape index (κ2) is 9.12. The zero-order valence-electron chi connectivity index (χ0n) is 18.2. The molecule has 1 aliphatic heterocycles. The summed E-state index contributed by atoms with van der Waals surface area (Å²) in [5.74, 6) is -3.18. The van der Waals surface area contributed by atoms with Crippen molar-refractivity contribution < 1.29 is 19.2 Å². The molecule has 1 aliphatic carbocycles. The van der Waals surface area contributed by atoms with Gasteiger partial charge in [0.25, 0.3) is 17.7 Å². The Morgan fingerprint density at radius 1 is 0.939 bits per heavy atom. The van der Waals surface area contributed by atoms with Gasteiger partial charge in [0.05, 0.1) is 22.4 Å². The Morgan fingerprint density at radius 3 is 2.15 bits per heavy atom. The van der Waals surface area contributed by atoms with Crippen LogP contribution in [0, 0.1) is 25.7 Å². The first-order valence-electron chi connectivity index (χ1n) is 10.6. The number of hydrogen-bond donors (Lipinski definition) is 0. The normalized spacial score (nSPS) is 19.6. The number of fused-ring (bicyclic) bond motifs is 1. The first-order chi connectivity index (χ1) is 15.7. The number of halogens is 2. The number of imide groups is 1. The molecule has 2 aromatic carbocycles. The largest absolute Gasteiger partial charge is 0.292 e. The first-order valence-corrected chi connectivity index (χ1v) is 11.3. The number of benzene rings is 2. The van der Waals surface area contributed by atoms with Gasteiger partial charge in [0.1, 0.15) is 6.54 Å². The number of carbonyl (C=O) groups is 4. The molecule has 2 aromatic rings. The average Bonchev–Trinajstić information content (AvgIpc) is 3.04. The highest BCUT2D eigenvalue weighted by Gasteiger charge is 2.51. The Labute approximate surface area is 201 Å². The molecule has 0 unspecified atom stereocenters. The summed E-state index contributed by atoms with van der Waals surface area (Å²) in [4.78, 5) is 53.1. The van der Waals surface area contributed by atoms with Gasteiger partial charge >= 0.3 is 0 Å². The number of rotatable bonds is 5. The smallest absolute Gasteiger partial charge is 0.274 e. The lowest BCUT2D eigenvalue weighted by molar-refractivity contribution is -0.154. The van der Waals surface area contributed by atoms with Gasteiger partial charge in [0.15, 0.2) is 5.78 Å². The third-order valence-corrected chi connectivity index (χ3v) is 6.79. The quantitative estimate of drug-likeness (QED) is 0.347. The van der Waals surface area contributed by atoms with Gasteiger partial charge in [0, 0.05) is 10.6 Å². The maximum Gasteiger partial charge on any atom is 0.274 e. The van der Waals surface area contributed by atoms with Crippen LogP contribution in [0.15, 0.2) is 48.6 Å². The molecule has 8 heteroatoms. The van der Waals surface area contributed by atoms with Crippen molar-refractivity contribution in [2.24, 2.45) is 11.8 Å². The van der Waals surface area contributed by atoms with E-state index in [1.807, 2.05) is 32.1 Å². The molecule has 33 heavy (non-hydrogen) atoms. The molecule has 0 radical (unpaired) electrons. The van der Waals surface area contributed by atoms with E-state index in [4.69, 9.17) is 23.2 Å². The monoisotopic (exact) mass is 484 g/mol. The molecule has 2 atom stereocenters. The fraction of sp³-hybridized carbons (Fsp3) is 0.280. The number of allylic oxidation sites excluding steroid dienone is 2. The van der Waals surface area contributed by atoms with E-state index >= 15 is 0 Å². The summed E-state index contributed by atoms with van der Waals surface area (Å²) in [7, 11) is 0. The topological polar surface area (TPSA) is 74.8 Å². The van der Waals surface area contributed by atoms with Crippen molar-refractivity contribution in [1.82, 2.24) is 10.0 Å². The predicted molar refractivity (Wildman–Crippen MR) is 125 cm³/mol. The van der Waals surface area contributed by atoms with Gasteiger partial charge in [-0.25, -0.2) is 5.01 Å². The highest BCUT2D eigenvalue weighted by Crippen LogP contribution is 2.36. The fourth-order valence-corrected chi connectivity index (χ4v) is 4.69. The van der Waals surface area contributed by atoms with Crippen molar-refractivity contribution in [2.75, 3.05) is 6.54 Å². The molecule has 1 fully saturated rings. The lowest BCUT2D eigenvalue weighted by atomic mass is 9.85. The molecule has 1 heterocycles. The number of Topliss-reactive ketones (excluding diaryl/α,β-unsaturated/α-hetero) is 1. The van der Waals surface area contributed by atoms with E-state index < -0.39 is 41.9 Å². The van der Waals surface area contributed by atoms with E-state index in [2.05, 4.69) is 0 Å². The minimum Gasteiger partial charge on any atom is -0.292 e. The van der Waals surface area contributed by atoms with Crippen LogP contribution >= 0.6 is 23.2 Å². The predicted octanol–water partition coefficient (Wildman–Crippen LogP) is 4.80. The van der Waals surface area contributed by atoms with Gasteiger partial charge in [-0.05, 0) is 62.1 Å². The summed E-state index contributed by atoms with van der Waals surface area (Å²) >= 11 is 12.2. The van der Waals surface area contributed by atoms with Crippen LogP contribution in [0.5, 0.6) is 0 Å². The van der Waals surface area contributed by atoms with Crippen molar-refractivity contribution in [3.8, 4) is 0 Å². The summed E-state index contributed by atoms with van der Waals surface area (Å²) < 4.78 is 0. The lowest BCUT2D eigenvalue weighted by Gasteiger charge is -2.30. The van der Waals surface area contributed by atoms with E-state index in [-0.39, 0.29) is 10.6 Å². The van der Waals surface area contributed by atoms with Crippen molar-refractivity contribution in [2.45, 2.75) is 26.7 Å². The standard InChI is InChI=1S/C25H22Cl2N2O4/c1-14-7-8-16(11-15(14)2)22(30)13-28(23(31)20-10-9-17(26)12-21(20)27)29-24(32)18-5-3-4-6-19(18)25(29)33/h3-4,7-12,18-19H,5-6,13H2,1-2H3/t18-,19-/m1/s1. The number of hydrazine groups is 1. The minimum atomic E-state index is -0.720. The van der Waals surface area contributed by atoms with E-state index in [0.29, 0.717) is 23.4 Å².